The summed E-state index contributed by atoms with van der Waals surface area (Å²) < 4.78 is 7.22. The van der Waals surface area contributed by atoms with Gasteiger partial charge in [-0.2, -0.15) is 0 Å². The zero-order chi connectivity index (χ0) is 24.3. The molecule has 4 N–H and O–H groups in total. The molecule has 0 radical (unpaired) electrons. The van der Waals surface area contributed by atoms with Gasteiger partial charge in [-0.1, -0.05) is 36.4 Å². The summed E-state index contributed by atoms with van der Waals surface area (Å²) in [5, 5.41) is 33.0. The third-order valence-corrected chi connectivity index (χ3v) is 6.83. The van der Waals surface area contributed by atoms with Crippen molar-refractivity contribution in [3.63, 3.8) is 0 Å². The summed E-state index contributed by atoms with van der Waals surface area (Å²) in [6.07, 6.45) is 4.48. The lowest BCUT2D eigenvalue weighted by atomic mass is 9.91. The lowest BCUT2D eigenvalue weighted by Crippen LogP contribution is -2.33. The number of hydrogen-bond acceptors (Lipinski definition) is 9. The fraction of sp³-hybridized carbons (Fsp3) is 0.333. The van der Waals surface area contributed by atoms with Crippen molar-refractivity contribution >= 4 is 22.9 Å². The fourth-order valence-corrected chi connectivity index (χ4v) is 5.17. The standard InChI is InChI=1S/C24H24N6O5/c1-13(32)28-15-7-8-24(14-5-3-2-4-6-14)17(9-15)30(24)22-18-21(25-11-26-22)29(12-27-18)23-20(34)19(33)16(10-31)35-23/h2-9,11-12,16-17,19-20,23,31,33-34H,10H2,1H3,(H,28,32)/t16-,17?,19-,20-,23-,24?,30?/m1/s1. The average Bonchev–Trinajstić information content (AvgIpc) is 3.17. The number of aromatic nitrogens is 4. The first-order chi connectivity index (χ1) is 17.0. The van der Waals surface area contributed by atoms with E-state index in [-0.39, 0.29) is 11.9 Å². The summed E-state index contributed by atoms with van der Waals surface area (Å²) in [6, 6.07) is 9.89. The highest BCUT2D eigenvalue weighted by atomic mass is 16.6. The predicted molar refractivity (Wildman–Crippen MR) is 124 cm³/mol. The largest absolute Gasteiger partial charge is 0.394 e. The van der Waals surface area contributed by atoms with E-state index >= 15 is 0 Å². The van der Waals surface area contributed by atoms with Crippen molar-refractivity contribution in [2.24, 2.45) is 0 Å². The highest BCUT2D eigenvalue weighted by Crippen LogP contribution is 2.56. The molecule has 11 nitrogen and oxygen atoms in total. The van der Waals surface area contributed by atoms with Gasteiger partial charge < -0.3 is 30.3 Å². The highest BCUT2D eigenvalue weighted by molar-refractivity contribution is 5.88. The minimum absolute atomic E-state index is 0.117. The molecule has 0 bridgehead atoms. The van der Waals surface area contributed by atoms with Crippen LogP contribution in [0.1, 0.15) is 18.7 Å². The molecule has 2 aromatic heterocycles. The number of ether oxygens (including phenoxy) is 1. The molecule has 1 aliphatic carbocycles. The van der Waals surface area contributed by atoms with Gasteiger partial charge in [0.2, 0.25) is 5.91 Å². The van der Waals surface area contributed by atoms with Crippen LogP contribution in [-0.2, 0) is 15.1 Å². The van der Waals surface area contributed by atoms with E-state index in [2.05, 4.69) is 31.2 Å². The van der Waals surface area contributed by atoms with Crippen molar-refractivity contribution in [2.45, 2.75) is 43.0 Å². The molecule has 35 heavy (non-hydrogen) atoms. The maximum absolute atomic E-state index is 11.6. The van der Waals surface area contributed by atoms with Gasteiger partial charge in [-0.3, -0.25) is 9.36 Å². The lowest BCUT2D eigenvalue weighted by molar-refractivity contribution is -0.118. The van der Waals surface area contributed by atoms with Gasteiger partial charge in [0.1, 0.15) is 30.2 Å². The van der Waals surface area contributed by atoms with Crippen molar-refractivity contribution in [3.8, 4) is 0 Å². The Morgan fingerprint density at radius 1 is 1.17 bits per heavy atom. The number of aliphatic hydroxyl groups excluding tert-OH is 3. The van der Waals surface area contributed by atoms with Crippen molar-refractivity contribution in [1.82, 2.24) is 24.8 Å². The SMILES string of the molecule is CC(=O)NC1=CC2N(c3ncnc4c3ncn4[C@@H]3O[C@H](CO)[C@@H](O)[C@H]3O)C2(c2ccccc2)C=C1. The topological polar surface area (TPSA) is 146 Å². The van der Waals surface area contributed by atoms with Crippen LogP contribution in [0.4, 0.5) is 5.82 Å². The second kappa shape index (κ2) is 7.95. The molecule has 3 aromatic rings. The average molecular weight is 476 g/mol. The molecule has 0 spiro atoms. The number of hydrogen-bond donors (Lipinski definition) is 4. The quantitative estimate of drug-likeness (QED) is 0.377. The molecule has 2 aliphatic heterocycles. The molecule has 1 amide bonds. The Bertz CT molecular complexity index is 1360. The van der Waals surface area contributed by atoms with E-state index in [4.69, 9.17) is 4.74 Å². The number of benzene rings is 1. The smallest absolute Gasteiger partial charge is 0.221 e. The Kier molecular flexibility index (Phi) is 4.97. The van der Waals surface area contributed by atoms with Gasteiger partial charge in [0.25, 0.3) is 0 Å². The first kappa shape index (κ1) is 21.9. The zero-order valence-electron chi connectivity index (χ0n) is 18.8. The van der Waals surface area contributed by atoms with Crippen LogP contribution >= 0.6 is 0 Å². The second-order valence-electron chi connectivity index (χ2n) is 8.89. The maximum Gasteiger partial charge on any atom is 0.221 e. The molecule has 6 atom stereocenters. The van der Waals surface area contributed by atoms with Crippen molar-refractivity contribution in [3.05, 3.63) is 72.5 Å². The number of carbonyl (C=O) groups excluding carboxylic acids is 1. The van der Waals surface area contributed by atoms with E-state index in [0.29, 0.717) is 22.7 Å². The Morgan fingerprint density at radius 2 is 1.97 bits per heavy atom. The van der Waals surface area contributed by atoms with E-state index < -0.39 is 36.7 Å². The van der Waals surface area contributed by atoms with Gasteiger partial charge in [0.15, 0.2) is 23.2 Å². The van der Waals surface area contributed by atoms with Crippen molar-refractivity contribution < 1.29 is 24.9 Å². The first-order valence-corrected chi connectivity index (χ1v) is 11.3. The van der Waals surface area contributed by atoms with Crippen LogP contribution < -0.4 is 10.2 Å². The van der Waals surface area contributed by atoms with E-state index in [0.717, 1.165) is 5.56 Å². The predicted octanol–water partition coefficient (Wildman–Crippen LogP) is 0.112. The molecule has 1 aromatic carbocycles. The van der Waals surface area contributed by atoms with Crippen LogP contribution in [0.2, 0.25) is 0 Å². The summed E-state index contributed by atoms with van der Waals surface area (Å²) in [6.45, 7) is 1.04. The molecule has 180 valence electrons. The monoisotopic (exact) mass is 476 g/mol. The molecule has 2 unspecified atom stereocenters. The summed E-state index contributed by atoms with van der Waals surface area (Å²) in [4.78, 5) is 27.2. The van der Waals surface area contributed by atoms with E-state index in [1.54, 1.807) is 4.57 Å². The summed E-state index contributed by atoms with van der Waals surface area (Å²) >= 11 is 0. The van der Waals surface area contributed by atoms with Gasteiger partial charge in [0.05, 0.1) is 19.0 Å². The Labute approximate surface area is 200 Å². The Morgan fingerprint density at radius 3 is 2.69 bits per heavy atom. The van der Waals surface area contributed by atoms with E-state index in [1.807, 2.05) is 42.5 Å². The summed E-state index contributed by atoms with van der Waals surface area (Å²) in [7, 11) is 0. The number of amides is 1. The fourth-order valence-electron chi connectivity index (χ4n) is 5.17. The normalized spacial score (nSPS) is 31.4. The number of fused-ring (bicyclic) bond motifs is 2. The molecule has 11 heteroatoms. The minimum Gasteiger partial charge on any atom is -0.394 e. The van der Waals surface area contributed by atoms with Crippen LogP contribution in [0.3, 0.4) is 0 Å². The Balaban J connectivity index is 1.43. The van der Waals surface area contributed by atoms with Crippen LogP contribution in [0.5, 0.6) is 0 Å². The molecular formula is C24H24N6O5. The number of aliphatic hydroxyl groups is 3. The van der Waals surface area contributed by atoms with Gasteiger partial charge in [-0.15, -0.1) is 0 Å². The number of carbonyl (C=O) groups is 1. The van der Waals surface area contributed by atoms with Gasteiger partial charge >= 0.3 is 0 Å². The lowest BCUT2D eigenvalue weighted by Gasteiger charge is -2.17. The number of anilines is 1. The van der Waals surface area contributed by atoms with Crippen LogP contribution in [-0.4, -0.2) is 71.7 Å². The van der Waals surface area contributed by atoms with E-state index in [1.165, 1.54) is 19.6 Å². The van der Waals surface area contributed by atoms with Gasteiger partial charge in [-0.25, -0.2) is 15.0 Å². The van der Waals surface area contributed by atoms with Gasteiger partial charge in [0, 0.05) is 12.6 Å². The number of imidazole rings is 1. The van der Waals surface area contributed by atoms with Crippen LogP contribution in [0, 0.1) is 0 Å². The number of nitrogens with one attached hydrogen (secondary N) is 1. The Hall–Kier alpha value is -3.64. The van der Waals surface area contributed by atoms with E-state index in [9.17, 15) is 20.1 Å². The number of nitrogens with zero attached hydrogens (tertiary/aromatic N) is 5. The minimum atomic E-state index is -1.26. The van der Waals surface area contributed by atoms with Crippen molar-refractivity contribution in [1.29, 1.82) is 0 Å². The van der Waals surface area contributed by atoms with Crippen LogP contribution in [0.25, 0.3) is 11.2 Å². The van der Waals surface area contributed by atoms with Crippen LogP contribution in [0.15, 0.2) is 66.9 Å². The molecule has 2 fully saturated rings. The molecule has 4 heterocycles. The molecule has 3 aliphatic rings. The van der Waals surface area contributed by atoms with Crippen molar-refractivity contribution in [2.75, 3.05) is 11.5 Å². The first-order valence-electron chi connectivity index (χ1n) is 11.3. The second-order valence-corrected chi connectivity index (χ2v) is 8.89. The van der Waals surface area contributed by atoms with Gasteiger partial charge in [-0.05, 0) is 17.7 Å². The number of allylic oxidation sites excluding steroid dienone is 1. The third-order valence-electron chi connectivity index (χ3n) is 6.83. The molecule has 6 rings (SSSR count). The molecule has 2 saturated heterocycles. The summed E-state index contributed by atoms with van der Waals surface area (Å²) in [5.74, 6) is 0.432. The maximum atomic E-state index is 11.6. The zero-order valence-corrected chi connectivity index (χ0v) is 18.8. The molecule has 0 saturated carbocycles. The third kappa shape index (κ3) is 3.20. The number of rotatable bonds is 5. The molecular weight excluding hydrogens is 452 g/mol. The highest BCUT2D eigenvalue weighted by Gasteiger charge is 2.63. The summed E-state index contributed by atoms with van der Waals surface area (Å²) in [5.41, 5.74) is 2.19.